The van der Waals surface area contributed by atoms with Crippen molar-refractivity contribution in [2.45, 2.75) is 38.1 Å². The fraction of sp³-hybridized carbons (Fsp3) is 0.571. The Labute approximate surface area is 112 Å². The molecule has 0 bridgehead atoms. The third-order valence-electron chi connectivity index (χ3n) is 3.98. The average Bonchev–Trinajstić information content (AvgIpc) is 2.91. The van der Waals surface area contributed by atoms with Gasteiger partial charge in [-0.1, -0.05) is 0 Å². The highest BCUT2D eigenvalue weighted by Gasteiger charge is 2.28. The van der Waals surface area contributed by atoms with Crippen molar-refractivity contribution in [1.29, 1.82) is 0 Å². The summed E-state index contributed by atoms with van der Waals surface area (Å²) in [4.78, 5) is 27.5. The standard InChI is InChI=1S/C14H20N2O3/c1-16(14(19)12-3-2-8-15-12)11-6-4-10(5-7-11)9-13(17)18/h2-3,8,10-11,15H,4-7,9H2,1H3,(H,17,18). The van der Waals surface area contributed by atoms with Gasteiger partial charge in [0.1, 0.15) is 5.69 Å². The first-order valence-electron chi connectivity index (χ1n) is 6.70. The summed E-state index contributed by atoms with van der Waals surface area (Å²) in [5, 5.41) is 8.79. The summed E-state index contributed by atoms with van der Waals surface area (Å²) in [5.41, 5.74) is 0.607. The minimum Gasteiger partial charge on any atom is -0.481 e. The molecular weight excluding hydrogens is 244 g/mol. The monoisotopic (exact) mass is 264 g/mol. The number of H-pyrrole nitrogens is 1. The Balaban J connectivity index is 1.87. The molecule has 1 amide bonds. The highest BCUT2D eigenvalue weighted by atomic mass is 16.4. The fourth-order valence-electron chi connectivity index (χ4n) is 2.80. The molecule has 2 N–H and O–H groups in total. The van der Waals surface area contributed by atoms with Crippen molar-refractivity contribution in [2.75, 3.05) is 7.05 Å². The molecule has 1 aromatic heterocycles. The molecule has 0 saturated heterocycles. The lowest BCUT2D eigenvalue weighted by atomic mass is 9.83. The lowest BCUT2D eigenvalue weighted by molar-refractivity contribution is -0.138. The second-order valence-electron chi connectivity index (χ2n) is 5.27. The lowest BCUT2D eigenvalue weighted by Gasteiger charge is -2.34. The Kier molecular flexibility index (Phi) is 4.24. The van der Waals surface area contributed by atoms with Crippen molar-refractivity contribution in [1.82, 2.24) is 9.88 Å². The van der Waals surface area contributed by atoms with Crippen molar-refractivity contribution in [3.63, 3.8) is 0 Å². The highest BCUT2D eigenvalue weighted by molar-refractivity contribution is 5.92. The van der Waals surface area contributed by atoms with Crippen LogP contribution in [0.2, 0.25) is 0 Å². The predicted octanol–water partition coefficient (Wildman–Crippen LogP) is 2.12. The van der Waals surface area contributed by atoms with Crippen molar-refractivity contribution < 1.29 is 14.7 Å². The van der Waals surface area contributed by atoms with E-state index in [1.807, 2.05) is 13.1 Å². The lowest BCUT2D eigenvalue weighted by Crippen LogP contribution is -2.39. The topological polar surface area (TPSA) is 73.4 Å². The Morgan fingerprint density at radius 2 is 2.05 bits per heavy atom. The molecule has 1 aromatic rings. The average molecular weight is 264 g/mol. The molecule has 0 aliphatic heterocycles. The van der Waals surface area contributed by atoms with Crippen LogP contribution >= 0.6 is 0 Å². The van der Waals surface area contributed by atoms with Crippen LogP contribution in [0.4, 0.5) is 0 Å². The van der Waals surface area contributed by atoms with Crippen LogP contribution in [0.1, 0.15) is 42.6 Å². The molecule has 104 valence electrons. The van der Waals surface area contributed by atoms with Gasteiger partial charge in [-0.2, -0.15) is 0 Å². The summed E-state index contributed by atoms with van der Waals surface area (Å²) in [7, 11) is 1.82. The van der Waals surface area contributed by atoms with Gasteiger partial charge in [-0.25, -0.2) is 0 Å². The number of hydrogen-bond donors (Lipinski definition) is 2. The van der Waals surface area contributed by atoms with Crippen molar-refractivity contribution in [3.8, 4) is 0 Å². The third-order valence-corrected chi connectivity index (χ3v) is 3.98. The van der Waals surface area contributed by atoms with Crippen molar-refractivity contribution in [2.24, 2.45) is 5.92 Å². The number of nitrogens with one attached hydrogen (secondary N) is 1. The van der Waals surface area contributed by atoms with Crippen molar-refractivity contribution >= 4 is 11.9 Å². The molecule has 1 aliphatic carbocycles. The molecule has 2 rings (SSSR count). The zero-order chi connectivity index (χ0) is 13.8. The SMILES string of the molecule is CN(C(=O)c1ccc[nH]1)C1CCC(CC(=O)O)CC1. The van der Waals surface area contributed by atoms with E-state index in [1.165, 1.54) is 0 Å². The first kappa shape index (κ1) is 13.6. The number of carboxylic acids is 1. The third kappa shape index (κ3) is 3.36. The van der Waals surface area contributed by atoms with Crippen LogP contribution in [0.3, 0.4) is 0 Å². The van der Waals surface area contributed by atoms with Crippen LogP contribution in [0, 0.1) is 5.92 Å². The van der Waals surface area contributed by atoms with Gasteiger partial charge in [0.2, 0.25) is 0 Å². The molecule has 1 saturated carbocycles. The van der Waals surface area contributed by atoms with Gasteiger partial charge in [0, 0.05) is 25.7 Å². The number of carboxylic acid groups (broad SMARTS) is 1. The van der Waals surface area contributed by atoms with E-state index in [0.717, 1.165) is 25.7 Å². The number of carbonyl (C=O) groups is 2. The Morgan fingerprint density at radius 1 is 1.37 bits per heavy atom. The van der Waals surface area contributed by atoms with E-state index in [-0.39, 0.29) is 24.3 Å². The minimum absolute atomic E-state index is 0.00619. The maximum Gasteiger partial charge on any atom is 0.303 e. The normalized spacial score (nSPS) is 23.0. The zero-order valence-corrected chi connectivity index (χ0v) is 11.1. The summed E-state index contributed by atoms with van der Waals surface area (Å²) in [6, 6.07) is 3.81. The number of aromatic nitrogens is 1. The van der Waals surface area contributed by atoms with E-state index in [9.17, 15) is 9.59 Å². The maximum atomic E-state index is 12.2. The predicted molar refractivity (Wildman–Crippen MR) is 70.9 cm³/mol. The van der Waals surface area contributed by atoms with Crippen LogP contribution in [-0.4, -0.2) is 40.0 Å². The Bertz CT molecular complexity index is 434. The summed E-state index contributed by atoms with van der Waals surface area (Å²) in [5.74, 6) is -0.450. The summed E-state index contributed by atoms with van der Waals surface area (Å²) in [6.45, 7) is 0. The molecule has 19 heavy (non-hydrogen) atoms. The number of aromatic amines is 1. The quantitative estimate of drug-likeness (QED) is 0.874. The minimum atomic E-state index is -0.723. The second-order valence-corrected chi connectivity index (χ2v) is 5.27. The van der Waals surface area contributed by atoms with Gasteiger partial charge in [0.05, 0.1) is 0 Å². The number of nitrogens with zero attached hydrogens (tertiary/aromatic N) is 1. The van der Waals surface area contributed by atoms with E-state index in [2.05, 4.69) is 4.98 Å². The van der Waals surface area contributed by atoms with Gasteiger partial charge in [0.15, 0.2) is 0 Å². The first-order chi connectivity index (χ1) is 9.08. The smallest absolute Gasteiger partial charge is 0.303 e. The molecule has 0 spiro atoms. The maximum absolute atomic E-state index is 12.2. The van der Waals surface area contributed by atoms with Crippen LogP contribution in [-0.2, 0) is 4.79 Å². The first-order valence-corrected chi connectivity index (χ1v) is 6.70. The molecule has 0 unspecified atom stereocenters. The molecule has 1 aliphatic rings. The Hall–Kier alpha value is -1.78. The van der Waals surface area contributed by atoms with Gasteiger partial charge in [-0.3, -0.25) is 9.59 Å². The van der Waals surface area contributed by atoms with Crippen molar-refractivity contribution in [3.05, 3.63) is 24.0 Å². The number of aliphatic carboxylic acids is 1. The molecule has 0 aromatic carbocycles. The van der Waals surface area contributed by atoms with E-state index in [1.54, 1.807) is 17.2 Å². The molecule has 1 heterocycles. The molecule has 1 fully saturated rings. The van der Waals surface area contributed by atoms with Gasteiger partial charge in [-0.05, 0) is 43.7 Å². The van der Waals surface area contributed by atoms with Gasteiger partial charge < -0.3 is 15.0 Å². The molecule has 5 nitrogen and oxygen atoms in total. The number of hydrogen-bond acceptors (Lipinski definition) is 2. The molecular formula is C14H20N2O3. The van der Waals surface area contributed by atoms with E-state index in [0.29, 0.717) is 5.69 Å². The van der Waals surface area contributed by atoms with Crippen LogP contribution < -0.4 is 0 Å². The Morgan fingerprint density at radius 3 is 2.58 bits per heavy atom. The molecule has 0 radical (unpaired) electrons. The number of carbonyl (C=O) groups excluding carboxylic acids is 1. The fourth-order valence-corrected chi connectivity index (χ4v) is 2.80. The molecule has 5 heteroatoms. The summed E-state index contributed by atoms with van der Waals surface area (Å²) >= 11 is 0. The summed E-state index contributed by atoms with van der Waals surface area (Å²) in [6.07, 6.45) is 5.55. The summed E-state index contributed by atoms with van der Waals surface area (Å²) < 4.78 is 0. The van der Waals surface area contributed by atoms with Crippen LogP contribution in [0.15, 0.2) is 18.3 Å². The largest absolute Gasteiger partial charge is 0.481 e. The van der Waals surface area contributed by atoms with E-state index in [4.69, 9.17) is 5.11 Å². The molecule has 0 atom stereocenters. The number of rotatable bonds is 4. The van der Waals surface area contributed by atoms with Gasteiger partial charge in [-0.15, -0.1) is 0 Å². The highest BCUT2D eigenvalue weighted by Crippen LogP contribution is 2.29. The van der Waals surface area contributed by atoms with E-state index >= 15 is 0 Å². The second kappa shape index (κ2) is 5.91. The van der Waals surface area contributed by atoms with E-state index < -0.39 is 5.97 Å². The van der Waals surface area contributed by atoms with Gasteiger partial charge in [0.25, 0.3) is 5.91 Å². The number of amides is 1. The van der Waals surface area contributed by atoms with Crippen LogP contribution in [0.25, 0.3) is 0 Å². The van der Waals surface area contributed by atoms with Crippen LogP contribution in [0.5, 0.6) is 0 Å². The van der Waals surface area contributed by atoms with Gasteiger partial charge >= 0.3 is 5.97 Å². The zero-order valence-electron chi connectivity index (χ0n) is 11.1.